The van der Waals surface area contributed by atoms with Crippen molar-refractivity contribution in [3.05, 3.63) is 54.6 Å². The average Bonchev–Trinajstić information content (AvgIpc) is 3.19. The first-order valence-electron chi connectivity index (χ1n) is 9.77. The summed E-state index contributed by atoms with van der Waals surface area (Å²) in [5.41, 5.74) is 4.35. The Balaban J connectivity index is 1.57. The number of pyridine rings is 1. The number of thioether (sulfide) groups is 1. The largest absolute Gasteiger partial charge is 0.379 e. The zero-order chi connectivity index (χ0) is 19.2. The first kappa shape index (κ1) is 19.2. The van der Waals surface area contributed by atoms with Gasteiger partial charge in [-0.1, -0.05) is 12.1 Å². The molecule has 5 nitrogen and oxygen atoms in total. The molecule has 28 heavy (non-hydrogen) atoms. The molecule has 6 heteroatoms. The third-order valence-electron chi connectivity index (χ3n) is 5.06. The normalized spacial score (nSPS) is 15.0. The van der Waals surface area contributed by atoms with Crippen LogP contribution in [0.25, 0.3) is 22.5 Å². The predicted octanol–water partition coefficient (Wildman–Crippen LogP) is 4.13. The Bertz CT molecular complexity index is 891. The van der Waals surface area contributed by atoms with Crippen molar-refractivity contribution < 1.29 is 4.74 Å². The molecule has 1 aliphatic heterocycles. The SMILES string of the molecule is CSc1cccc(-c2nc(CCCN3CCOCC3)[nH]c2-c2ccncc2)c1. The van der Waals surface area contributed by atoms with Gasteiger partial charge in [-0.25, -0.2) is 4.98 Å². The van der Waals surface area contributed by atoms with Gasteiger partial charge in [-0.3, -0.25) is 9.88 Å². The predicted molar refractivity (Wildman–Crippen MR) is 115 cm³/mol. The minimum atomic E-state index is 0.850. The van der Waals surface area contributed by atoms with Crippen LogP contribution in [0.4, 0.5) is 0 Å². The summed E-state index contributed by atoms with van der Waals surface area (Å²) in [4.78, 5) is 16.4. The molecule has 1 N–H and O–H groups in total. The number of nitrogens with one attached hydrogen (secondary N) is 1. The molecule has 1 fully saturated rings. The third kappa shape index (κ3) is 4.63. The summed E-state index contributed by atoms with van der Waals surface area (Å²) in [5, 5.41) is 0. The lowest BCUT2D eigenvalue weighted by Crippen LogP contribution is -2.36. The van der Waals surface area contributed by atoms with Crippen molar-refractivity contribution in [3.63, 3.8) is 0 Å². The second kappa shape index (κ2) is 9.37. The summed E-state index contributed by atoms with van der Waals surface area (Å²) in [5.74, 6) is 1.05. The lowest BCUT2D eigenvalue weighted by molar-refractivity contribution is 0.0374. The van der Waals surface area contributed by atoms with Crippen LogP contribution in [0.3, 0.4) is 0 Å². The molecule has 0 spiro atoms. The molecular weight excluding hydrogens is 368 g/mol. The lowest BCUT2D eigenvalue weighted by atomic mass is 10.1. The van der Waals surface area contributed by atoms with E-state index in [9.17, 15) is 0 Å². The molecule has 146 valence electrons. The molecule has 2 aromatic heterocycles. The minimum Gasteiger partial charge on any atom is -0.379 e. The Labute approximate surface area is 170 Å². The van der Waals surface area contributed by atoms with Crippen LogP contribution in [-0.2, 0) is 11.2 Å². The standard InChI is InChI=1S/C22H26N4OS/c1-28-19-5-2-4-18(16-19)22-21(17-7-9-23-10-8-17)24-20(25-22)6-3-11-26-12-14-27-15-13-26/h2,4-5,7-10,16H,3,6,11-15H2,1H3,(H,24,25). The highest BCUT2D eigenvalue weighted by molar-refractivity contribution is 7.98. The highest BCUT2D eigenvalue weighted by Crippen LogP contribution is 2.32. The summed E-state index contributed by atoms with van der Waals surface area (Å²) in [6.45, 7) is 4.86. The Morgan fingerprint density at radius 3 is 2.71 bits per heavy atom. The number of H-pyrrole nitrogens is 1. The molecule has 0 atom stereocenters. The van der Waals surface area contributed by atoms with Gasteiger partial charge in [0.25, 0.3) is 0 Å². The van der Waals surface area contributed by atoms with Gasteiger partial charge in [0, 0.05) is 47.9 Å². The molecule has 0 amide bonds. The van der Waals surface area contributed by atoms with Crippen molar-refractivity contribution in [3.8, 4) is 22.5 Å². The molecule has 3 aromatic rings. The maximum Gasteiger partial charge on any atom is 0.107 e. The summed E-state index contributed by atoms with van der Waals surface area (Å²) < 4.78 is 5.43. The van der Waals surface area contributed by atoms with Crippen LogP contribution < -0.4 is 0 Å². The first-order chi connectivity index (χ1) is 13.8. The topological polar surface area (TPSA) is 54.0 Å². The number of aromatic amines is 1. The number of nitrogens with zero attached hydrogens (tertiary/aromatic N) is 3. The van der Waals surface area contributed by atoms with E-state index in [2.05, 4.69) is 45.4 Å². The fourth-order valence-electron chi connectivity index (χ4n) is 3.54. The van der Waals surface area contributed by atoms with E-state index in [-0.39, 0.29) is 0 Å². The van der Waals surface area contributed by atoms with Crippen LogP contribution >= 0.6 is 11.8 Å². The number of hydrogen-bond acceptors (Lipinski definition) is 5. The zero-order valence-electron chi connectivity index (χ0n) is 16.2. The Morgan fingerprint density at radius 1 is 1.11 bits per heavy atom. The van der Waals surface area contributed by atoms with Gasteiger partial charge in [-0.2, -0.15) is 0 Å². The van der Waals surface area contributed by atoms with Crippen molar-refractivity contribution >= 4 is 11.8 Å². The molecule has 4 rings (SSSR count). The van der Waals surface area contributed by atoms with Gasteiger partial charge in [0.15, 0.2) is 0 Å². The van der Waals surface area contributed by atoms with Crippen molar-refractivity contribution in [1.29, 1.82) is 0 Å². The van der Waals surface area contributed by atoms with Gasteiger partial charge in [0.2, 0.25) is 0 Å². The molecule has 0 bridgehead atoms. The van der Waals surface area contributed by atoms with Crippen LogP contribution in [0, 0.1) is 0 Å². The highest BCUT2D eigenvalue weighted by Gasteiger charge is 2.15. The van der Waals surface area contributed by atoms with E-state index >= 15 is 0 Å². The maximum absolute atomic E-state index is 5.43. The quantitative estimate of drug-likeness (QED) is 0.611. The Kier molecular flexibility index (Phi) is 6.41. The second-order valence-corrected chi connectivity index (χ2v) is 7.81. The molecule has 0 aliphatic carbocycles. The number of rotatable bonds is 7. The van der Waals surface area contributed by atoms with E-state index in [0.717, 1.165) is 74.0 Å². The van der Waals surface area contributed by atoms with Crippen LogP contribution in [-0.4, -0.2) is 59.0 Å². The van der Waals surface area contributed by atoms with Crippen molar-refractivity contribution in [2.75, 3.05) is 39.1 Å². The smallest absolute Gasteiger partial charge is 0.107 e. The number of aromatic nitrogens is 3. The van der Waals surface area contributed by atoms with Crippen LogP contribution in [0.5, 0.6) is 0 Å². The van der Waals surface area contributed by atoms with E-state index in [1.165, 1.54) is 4.90 Å². The van der Waals surface area contributed by atoms with Crippen LogP contribution in [0.2, 0.25) is 0 Å². The van der Waals surface area contributed by atoms with E-state index < -0.39 is 0 Å². The zero-order valence-corrected chi connectivity index (χ0v) is 17.0. The van der Waals surface area contributed by atoms with Gasteiger partial charge in [-0.05, 0) is 43.5 Å². The van der Waals surface area contributed by atoms with Crippen LogP contribution in [0.15, 0.2) is 53.7 Å². The van der Waals surface area contributed by atoms with E-state index in [1.54, 1.807) is 11.8 Å². The van der Waals surface area contributed by atoms with E-state index in [1.807, 2.05) is 24.5 Å². The second-order valence-electron chi connectivity index (χ2n) is 6.93. The number of benzene rings is 1. The molecule has 1 aromatic carbocycles. The summed E-state index contributed by atoms with van der Waals surface area (Å²) in [7, 11) is 0. The third-order valence-corrected chi connectivity index (χ3v) is 5.78. The number of aryl methyl sites for hydroxylation is 1. The molecule has 3 heterocycles. The van der Waals surface area contributed by atoms with Crippen molar-refractivity contribution in [1.82, 2.24) is 19.9 Å². The Morgan fingerprint density at radius 2 is 1.93 bits per heavy atom. The summed E-state index contributed by atoms with van der Waals surface area (Å²) >= 11 is 1.75. The van der Waals surface area contributed by atoms with Gasteiger partial charge >= 0.3 is 0 Å². The highest BCUT2D eigenvalue weighted by atomic mass is 32.2. The van der Waals surface area contributed by atoms with Crippen molar-refractivity contribution in [2.24, 2.45) is 0 Å². The number of hydrogen-bond donors (Lipinski definition) is 1. The summed E-state index contributed by atoms with van der Waals surface area (Å²) in [6, 6.07) is 12.7. The van der Waals surface area contributed by atoms with Gasteiger partial charge in [-0.15, -0.1) is 11.8 Å². The molecule has 1 aliphatic rings. The molecule has 0 radical (unpaired) electrons. The van der Waals surface area contributed by atoms with Gasteiger partial charge < -0.3 is 9.72 Å². The fourth-order valence-corrected chi connectivity index (χ4v) is 4.00. The average molecular weight is 395 g/mol. The van der Waals surface area contributed by atoms with Gasteiger partial charge in [0.05, 0.1) is 24.6 Å². The number of morpholine rings is 1. The van der Waals surface area contributed by atoms with Crippen molar-refractivity contribution in [2.45, 2.75) is 17.7 Å². The maximum atomic E-state index is 5.43. The van der Waals surface area contributed by atoms with E-state index in [0.29, 0.717) is 0 Å². The first-order valence-corrected chi connectivity index (χ1v) is 11.0. The summed E-state index contributed by atoms with van der Waals surface area (Å²) in [6.07, 6.45) is 7.79. The monoisotopic (exact) mass is 394 g/mol. The van der Waals surface area contributed by atoms with E-state index in [4.69, 9.17) is 9.72 Å². The molecule has 0 unspecified atom stereocenters. The minimum absolute atomic E-state index is 0.850. The number of ether oxygens (including phenoxy) is 1. The molecule has 0 saturated carbocycles. The van der Waals surface area contributed by atoms with Crippen LogP contribution in [0.1, 0.15) is 12.2 Å². The Hall–Kier alpha value is -2.15. The van der Waals surface area contributed by atoms with Gasteiger partial charge in [0.1, 0.15) is 5.82 Å². The molecule has 1 saturated heterocycles. The molecular formula is C22H26N4OS. The number of imidazole rings is 1. The fraction of sp³-hybridized carbons (Fsp3) is 0.364. The lowest BCUT2D eigenvalue weighted by Gasteiger charge is -2.26.